The summed E-state index contributed by atoms with van der Waals surface area (Å²) >= 11 is 13.7. The Hall–Kier alpha value is -1.69. The number of rotatable bonds is 8. The maximum absolute atomic E-state index is 13.2. The van der Waals surface area contributed by atoms with Crippen molar-refractivity contribution in [3.8, 4) is 0 Å². The van der Waals surface area contributed by atoms with Crippen LogP contribution in [0.3, 0.4) is 0 Å². The third-order valence-electron chi connectivity index (χ3n) is 5.56. The van der Waals surface area contributed by atoms with E-state index in [1.807, 2.05) is 36.4 Å². The quantitative estimate of drug-likeness (QED) is 0.476. The maximum atomic E-state index is 13.2. The molecule has 0 heterocycles. The first kappa shape index (κ1) is 24.0. The summed E-state index contributed by atoms with van der Waals surface area (Å²) in [6, 6.07) is 14.7. The molecule has 4 nitrogen and oxygen atoms in total. The summed E-state index contributed by atoms with van der Waals surface area (Å²) in [4.78, 5) is 28.8. The molecule has 0 bridgehead atoms. The van der Waals surface area contributed by atoms with Gasteiger partial charge in [0, 0.05) is 17.5 Å². The molecule has 1 saturated carbocycles. The van der Waals surface area contributed by atoms with Gasteiger partial charge in [-0.05, 0) is 49.6 Å². The molecule has 2 amide bonds. The molecule has 1 N–H and O–H groups in total. The van der Waals surface area contributed by atoms with Crippen LogP contribution in [-0.2, 0) is 16.1 Å². The molecule has 1 atom stereocenters. The van der Waals surface area contributed by atoms with E-state index >= 15 is 0 Å². The van der Waals surface area contributed by atoms with Crippen LogP contribution in [0.1, 0.15) is 44.6 Å². The summed E-state index contributed by atoms with van der Waals surface area (Å²) in [6.07, 6.45) is 5.50. The molecule has 7 heteroatoms. The van der Waals surface area contributed by atoms with E-state index < -0.39 is 6.04 Å². The molecule has 0 radical (unpaired) electrons. The Balaban J connectivity index is 1.72. The minimum absolute atomic E-state index is 0.0915. The minimum Gasteiger partial charge on any atom is -0.352 e. The van der Waals surface area contributed by atoms with Gasteiger partial charge in [0.1, 0.15) is 6.04 Å². The monoisotopic (exact) mass is 478 g/mol. The lowest BCUT2D eigenvalue weighted by Crippen LogP contribution is -2.50. The third-order valence-corrected chi connectivity index (χ3v) is 7.30. The minimum atomic E-state index is -0.583. The molecule has 2 aromatic rings. The first-order chi connectivity index (χ1) is 14.9. The van der Waals surface area contributed by atoms with Crippen molar-refractivity contribution in [3.05, 3.63) is 64.1 Å². The molecular weight excluding hydrogens is 451 g/mol. The smallest absolute Gasteiger partial charge is 0.242 e. The van der Waals surface area contributed by atoms with Crippen molar-refractivity contribution in [1.82, 2.24) is 10.2 Å². The van der Waals surface area contributed by atoms with Crippen LogP contribution in [0, 0.1) is 0 Å². The van der Waals surface area contributed by atoms with Crippen molar-refractivity contribution in [2.24, 2.45) is 0 Å². The molecule has 0 aromatic heterocycles. The van der Waals surface area contributed by atoms with Crippen LogP contribution in [0.25, 0.3) is 0 Å². The van der Waals surface area contributed by atoms with Gasteiger partial charge in [-0.1, -0.05) is 66.7 Å². The van der Waals surface area contributed by atoms with Gasteiger partial charge in [0.15, 0.2) is 0 Å². The highest BCUT2D eigenvalue weighted by molar-refractivity contribution is 8.00. The molecule has 31 heavy (non-hydrogen) atoms. The van der Waals surface area contributed by atoms with Gasteiger partial charge in [-0.15, -0.1) is 11.8 Å². The predicted octanol–water partition coefficient (Wildman–Crippen LogP) is 5.95. The van der Waals surface area contributed by atoms with E-state index in [0.29, 0.717) is 16.6 Å². The van der Waals surface area contributed by atoms with Gasteiger partial charge in [-0.3, -0.25) is 9.59 Å². The summed E-state index contributed by atoms with van der Waals surface area (Å²) in [5.74, 6) is 0.0584. The number of carbonyl (C=O) groups is 2. The molecule has 1 aliphatic rings. The number of halogens is 2. The second-order valence-electron chi connectivity index (χ2n) is 7.89. The van der Waals surface area contributed by atoms with Crippen LogP contribution in [-0.4, -0.2) is 34.6 Å². The highest BCUT2D eigenvalue weighted by atomic mass is 35.5. The van der Waals surface area contributed by atoms with Crippen molar-refractivity contribution in [3.63, 3.8) is 0 Å². The molecular formula is C24H28Cl2N2O2S. The molecule has 166 valence electrons. The zero-order valence-corrected chi connectivity index (χ0v) is 20.0. The average Bonchev–Trinajstić information content (AvgIpc) is 2.79. The van der Waals surface area contributed by atoms with Crippen LogP contribution in [0.4, 0.5) is 0 Å². The zero-order valence-electron chi connectivity index (χ0n) is 17.7. The topological polar surface area (TPSA) is 49.4 Å². The zero-order chi connectivity index (χ0) is 22.2. The normalized spacial score (nSPS) is 15.3. The van der Waals surface area contributed by atoms with Crippen molar-refractivity contribution >= 4 is 46.8 Å². The lowest BCUT2D eigenvalue weighted by molar-refractivity contribution is -0.139. The Morgan fingerprint density at radius 2 is 1.77 bits per heavy atom. The number of amides is 2. The van der Waals surface area contributed by atoms with Crippen LogP contribution >= 0.6 is 35.0 Å². The van der Waals surface area contributed by atoms with Crippen LogP contribution in [0.5, 0.6) is 0 Å². The fraction of sp³-hybridized carbons (Fsp3) is 0.417. The molecule has 0 spiro atoms. The van der Waals surface area contributed by atoms with Gasteiger partial charge in [-0.25, -0.2) is 0 Å². The lowest BCUT2D eigenvalue weighted by Gasteiger charge is -2.31. The van der Waals surface area contributed by atoms with Crippen molar-refractivity contribution in [1.29, 1.82) is 0 Å². The Kier molecular flexibility index (Phi) is 9.12. The molecule has 1 unspecified atom stereocenters. The van der Waals surface area contributed by atoms with E-state index in [0.717, 1.165) is 36.1 Å². The van der Waals surface area contributed by atoms with Crippen LogP contribution in [0.2, 0.25) is 10.0 Å². The Morgan fingerprint density at radius 1 is 1.06 bits per heavy atom. The van der Waals surface area contributed by atoms with Gasteiger partial charge in [0.2, 0.25) is 11.8 Å². The Bertz CT molecular complexity index is 888. The van der Waals surface area contributed by atoms with E-state index in [2.05, 4.69) is 5.32 Å². The van der Waals surface area contributed by atoms with Crippen LogP contribution < -0.4 is 5.32 Å². The molecule has 1 aliphatic carbocycles. The largest absolute Gasteiger partial charge is 0.352 e. The second-order valence-corrected chi connectivity index (χ2v) is 9.75. The number of nitrogens with one attached hydrogen (secondary N) is 1. The van der Waals surface area contributed by atoms with E-state index in [-0.39, 0.29) is 23.6 Å². The molecule has 2 aromatic carbocycles. The standard InChI is InChI=1S/C24H28Cl2N2O2S/c1-17(24(30)27-19-8-4-2-5-9-19)28(15-18-12-13-21(25)22(26)14-18)23(29)16-31-20-10-6-3-7-11-20/h3,6-7,10-14,17,19H,2,4-5,8-9,15-16H2,1H3,(H,27,30). The summed E-state index contributed by atoms with van der Waals surface area (Å²) in [7, 11) is 0. The average molecular weight is 479 g/mol. The van der Waals surface area contributed by atoms with Gasteiger partial charge < -0.3 is 10.2 Å². The molecule has 1 fully saturated rings. The molecule has 0 saturated heterocycles. The predicted molar refractivity (Wildman–Crippen MR) is 129 cm³/mol. The number of benzene rings is 2. The Labute approximate surface area is 198 Å². The van der Waals surface area contributed by atoms with E-state index in [9.17, 15) is 9.59 Å². The maximum Gasteiger partial charge on any atom is 0.242 e. The van der Waals surface area contributed by atoms with Crippen LogP contribution in [0.15, 0.2) is 53.4 Å². The molecule has 0 aliphatic heterocycles. The number of hydrogen-bond donors (Lipinski definition) is 1. The van der Waals surface area contributed by atoms with Gasteiger partial charge in [-0.2, -0.15) is 0 Å². The number of carbonyl (C=O) groups excluding carboxylic acids is 2. The highest BCUT2D eigenvalue weighted by Crippen LogP contribution is 2.25. The van der Waals surface area contributed by atoms with Gasteiger partial charge in [0.25, 0.3) is 0 Å². The van der Waals surface area contributed by atoms with E-state index in [1.165, 1.54) is 18.2 Å². The number of hydrogen-bond acceptors (Lipinski definition) is 3. The highest BCUT2D eigenvalue weighted by Gasteiger charge is 2.28. The van der Waals surface area contributed by atoms with E-state index in [4.69, 9.17) is 23.2 Å². The first-order valence-electron chi connectivity index (χ1n) is 10.7. The summed E-state index contributed by atoms with van der Waals surface area (Å²) in [6.45, 7) is 2.09. The fourth-order valence-electron chi connectivity index (χ4n) is 3.73. The number of nitrogens with zero attached hydrogens (tertiary/aromatic N) is 1. The number of thioether (sulfide) groups is 1. The summed E-state index contributed by atoms with van der Waals surface area (Å²) < 4.78 is 0. The van der Waals surface area contributed by atoms with Crippen molar-refractivity contribution < 1.29 is 9.59 Å². The van der Waals surface area contributed by atoms with Crippen molar-refractivity contribution in [2.75, 3.05) is 5.75 Å². The molecule has 3 rings (SSSR count). The van der Waals surface area contributed by atoms with E-state index in [1.54, 1.807) is 24.0 Å². The Morgan fingerprint density at radius 3 is 2.45 bits per heavy atom. The SMILES string of the molecule is CC(C(=O)NC1CCCCC1)N(Cc1ccc(Cl)c(Cl)c1)C(=O)CSc1ccccc1. The summed E-state index contributed by atoms with van der Waals surface area (Å²) in [5, 5.41) is 4.05. The second kappa shape index (κ2) is 11.8. The first-order valence-corrected chi connectivity index (χ1v) is 12.4. The third kappa shape index (κ3) is 7.16. The fourth-order valence-corrected chi connectivity index (χ4v) is 4.86. The lowest BCUT2D eigenvalue weighted by atomic mass is 9.95. The van der Waals surface area contributed by atoms with Crippen molar-refractivity contribution in [2.45, 2.75) is 62.6 Å². The van der Waals surface area contributed by atoms with Gasteiger partial charge in [0.05, 0.1) is 15.8 Å². The van der Waals surface area contributed by atoms with Gasteiger partial charge >= 0.3 is 0 Å². The summed E-state index contributed by atoms with van der Waals surface area (Å²) in [5.41, 5.74) is 0.838.